The SMILES string of the molecule is CCc1oc2ccccc2c1CNC(C)c1nn[nH]n1. The molecule has 2 heterocycles. The number of fused-ring (bicyclic) bond motifs is 1. The molecule has 3 aromatic rings. The van der Waals surface area contributed by atoms with Crippen molar-refractivity contribution in [1.82, 2.24) is 25.9 Å². The zero-order valence-corrected chi connectivity index (χ0v) is 11.6. The molecule has 2 N–H and O–H groups in total. The molecule has 0 aliphatic carbocycles. The van der Waals surface area contributed by atoms with Crippen LogP contribution < -0.4 is 5.32 Å². The number of benzene rings is 1. The molecular weight excluding hydrogens is 254 g/mol. The average Bonchev–Trinajstić information content (AvgIpc) is 3.12. The average molecular weight is 271 g/mol. The molecule has 20 heavy (non-hydrogen) atoms. The molecule has 6 nitrogen and oxygen atoms in total. The van der Waals surface area contributed by atoms with E-state index in [2.05, 4.69) is 38.9 Å². The number of nitrogens with zero attached hydrogens (tertiary/aromatic N) is 3. The van der Waals surface area contributed by atoms with Gasteiger partial charge in [-0.05, 0) is 13.0 Å². The number of tetrazole rings is 1. The van der Waals surface area contributed by atoms with Crippen LogP contribution in [0.25, 0.3) is 11.0 Å². The molecular formula is C14H17N5O. The lowest BCUT2D eigenvalue weighted by molar-refractivity contribution is 0.520. The molecule has 0 radical (unpaired) electrons. The molecule has 1 unspecified atom stereocenters. The maximum absolute atomic E-state index is 5.88. The highest BCUT2D eigenvalue weighted by molar-refractivity contribution is 5.82. The summed E-state index contributed by atoms with van der Waals surface area (Å²) in [5, 5.41) is 18.6. The van der Waals surface area contributed by atoms with Crippen LogP contribution in [-0.2, 0) is 13.0 Å². The number of hydrogen-bond donors (Lipinski definition) is 2. The third-order valence-corrected chi connectivity index (χ3v) is 3.44. The summed E-state index contributed by atoms with van der Waals surface area (Å²) in [5.74, 6) is 1.69. The van der Waals surface area contributed by atoms with Crippen molar-refractivity contribution in [2.75, 3.05) is 0 Å². The van der Waals surface area contributed by atoms with Crippen LogP contribution in [0, 0.1) is 0 Å². The minimum atomic E-state index is 0.0344. The maximum Gasteiger partial charge on any atom is 0.191 e. The van der Waals surface area contributed by atoms with Crippen LogP contribution in [-0.4, -0.2) is 20.6 Å². The smallest absolute Gasteiger partial charge is 0.191 e. The van der Waals surface area contributed by atoms with Crippen molar-refractivity contribution in [2.45, 2.75) is 32.9 Å². The number of rotatable bonds is 5. The number of aromatic nitrogens is 4. The maximum atomic E-state index is 5.88. The van der Waals surface area contributed by atoms with Crippen LogP contribution in [0.1, 0.15) is 37.0 Å². The second-order valence-electron chi connectivity index (χ2n) is 4.73. The van der Waals surface area contributed by atoms with E-state index in [4.69, 9.17) is 4.42 Å². The Morgan fingerprint density at radius 1 is 1.35 bits per heavy atom. The second-order valence-corrected chi connectivity index (χ2v) is 4.73. The van der Waals surface area contributed by atoms with Crippen LogP contribution in [0.3, 0.4) is 0 Å². The minimum Gasteiger partial charge on any atom is -0.461 e. The van der Waals surface area contributed by atoms with Gasteiger partial charge in [-0.2, -0.15) is 5.21 Å². The van der Waals surface area contributed by atoms with E-state index in [1.165, 1.54) is 5.56 Å². The van der Waals surface area contributed by atoms with Crippen molar-refractivity contribution >= 4 is 11.0 Å². The molecule has 0 aliphatic heterocycles. The van der Waals surface area contributed by atoms with Gasteiger partial charge in [-0.1, -0.05) is 30.3 Å². The molecule has 1 aromatic carbocycles. The first-order valence-corrected chi connectivity index (χ1v) is 6.75. The summed E-state index contributed by atoms with van der Waals surface area (Å²) in [5.41, 5.74) is 2.15. The van der Waals surface area contributed by atoms with Gasteiger partial charge >= 0.3 is 0 Å². The molecule has 0 spiro atoms. The molecule has 1 atom stereocenters. The number of aromatic amines is 1. The van der Waals surface area contributed by atoms with Crippen molar-refractivity contribution < 1.29 is 4.42 Å². The Bertz CT molecular complexity index is 689. The van der Waals surface area contributed by atoms with Gasteiger partial charge in [0.15, 0.2) is 5.82 Å². The molecule has 3 rings (SSSR count). The minimum absolute atomic E-state index is 0.0344. The van der Waals surface area contributed by atoms with E-state index in [-0.39, 0.29) is 6.04 Å². The fourth-order valence-corrected chi connectivity index (χ4v) is 2.33. The summed E-state index contributed by atoms with van der Waals surface area (Å²) < 4.78 is 5.88. The summed E-state index contributed by atoms with van der Waals surface area (Å²) in [6, 6.07) is 8.15. The third-order valence-electron chi connectivity index (χ3n) is 3.44. The quantitative estimate of drug-likeness (QED) is 0.744. The molecule has 0 amide bonds. The van der Waals surface area contributed by atoms with Gasteiger partial charge in [0.05, 0.1) is 6.04 Å². The van der Waals surface area contributed by atoms with E-state index in [1.54, 1.807) is 0 Å². The van der Waals surface area contributed by atoms with E-state index >= 15 is 0 Å². The van der Waals surface area contributed by atoms with Crippen LogP contribution in [0.5, 0.6) is 0 Å². The number of nitrogens with one attached hydrogen (secondary N) is 2. The molecule has 0 saturated carbocycles. The number of H-pyrrole nitrogens is 1. The lowest BCUT2D eigenvalue weighted by atomic mass is 10.1. The Hall–Kier alpha value is -2.21. The van der Waals surface area contributed by atoms with Gasteiger partial charge in [-0.15, -0.1) is 10.2 Å². The lowest BCUT2D eigenvalue weighted by Crippen LogP contribution is -2.19. The highest BCUT2D eigenvalue weighted by Crippen LogP contribution is 2.26. The van der Waals surface area contributed by atoms with E-state index in [0.29, 0.717) is 5.82 Å². The standard InChI is InChI=1S/C14H17N5O/c1-3-12-11(10-6-4-5-7-13(10)20-12)8-15-9(2)14-16-18-19-17-14/h4-7,9,15H,3,8H2,1-2H3,(H,16,17,18,19). The largest absolute Gasteiger partial charge is 0.461 e. The first-order chi connectivity index (χ1) is 9.79. The predicted molar refractivity (Wildman–Crippen MR) is 75.0 cm³/mol. The second kappa shape index (κ2) is 5.42. The Morgan fingerprint density at radius 3 is 2.95 bits per heavy atom. The normalized spacial score (nSPS) is 12.9. The summed E-state index contributed by atoms with van der Waals surface area (Å²) in [7, 11) is 0. The molecule has 0 aliphatic rings. The zero-order valence-electron chi connectivity index (χ0n) is 11.6. The van der Waals surface area contributed by atoms with Crippen molar-refractivity contribution in [3.8, 4) is 0 Å². The van der Waals surface area contributed by atoms with Crippen LogP contribution >= 0.6 is 0 Å². The predicted octanol–water partition coefficient (Wildman–Crippen LogP) is 2.36. The van der Waals surface area contributed by atoms with Crippen LogP contribution in [0.4, 0.5) is 0 Å². The van der Waals surface area contributed by atoms with Gasteiger partial charge in [0, 0.05) is 23.9 Å². The van der Waals surface area contributed by atoms with E-state index in [9.17, 15) is 0 Å². The summed E-state index contributed by atoms with van der Waals surface area (Å²) >= 11 is 0. The van der Waals surface area contributed by atoms with Crippen molar-refractivity contribution in [2.24, 2.45) is 0 Å². The lowest BCUT2D eigenvalue weighted by Gasteiger charge is -2.09. The van der Waals surface area contributed by atoms with Gasteiger partial charge in [-0.25, -0.2) is 0 Å². The Labute approximate surface area is 116 Å². The van der Waals surface area contributed by atoms with E-state index in [1.807, 2.05) is 25.1 Å². The molecule has 0 bridgehead atoms. The highest BCUT2D eigenvalue weighted by Gasteiger charge is 2.15. The fourth-order valence-electron chi connectivity index (χ4n) is 2.33. The van der Waals surface area contributed by atoms with Crippen molar-refractivity contribution in [3.05, 3.63) is 41.4 Å². The third kappa shape index (κ3) is 2.30. The highest BCUT2D eigenvalue weighted by atomic mass is 16.3. The Kier molecular flexibility index (Phi) is 3.47. The summed E-state index contributed by atoms with van der Waals surface area (Å²) in [4.78, 5) is 0. The Balaban J connectivity index is 1.83. The number of furan rings is 1. The van der Waals surface area contributed by atoms with Gasteiger partial charge in [0.1, 0.15) is 11.3 Å². The van der Waals surface area contributed by atoms with E-state index < -0.39 is 0 Å². The summed E-state index contributed by atoms with van der Waals surface area (Å²) in [6.07, 6.45) is 0.877. The fraction of sp³-hybridized carbons (Fsp3) is 0.357. The molecule has 0 saturated heterocycles. The molecule has 2 aromatic heterocycles. The van der Waals surface area contributed by atoms with E-state index in [0.717, 1.165) is 29.7 Å². The monoisotopic (exact) mass is 271 g/mol. The molecule has 6 heteroatoms. The van der Waals surface area contributed by atoms with Gasteiger partial charge in [0.25, 0.3) is 0 Å². The number of aryl methyl sites for hydroxylation is 1. The van der Waals surface area contributed by atoms with Gasteiger partial charge < -0.3 is 9.73 Å². The van der Waals surface area contributed by atoms with Crippen LogP contribution in [0.15, 0.2) is 28.7 Å². The first kappa shape index (κ1) is 12.8. The molecule has 104 valence electrons. The molecule has 0 fully saturated rings. The van der Waals surface area contributed by atoms with Crippen LogP contribution in [0.2, 0.25) is 0 Å². The van der Waals surface area contributed by atoms with Crippen molar-refractivity contribution in [3.63, 3.8) is 0 Å². The van der Waals surface area contributed by atoms with Crippen molar-refractivity contribution in [1.29, 1.82) is 0 Å². The van der Waals surface area contributed by atoms with Gasteiger partial charge in [-0.3, -0.25) is 0 Å². The number of hydrogen-bond acceptors (Lipinski definition) is 5. The zero-order chi connectivity index (χ0) is 13.9. The van der Waals surface area contributed by atoms with Gasteiger partial charge in [0.2, 0.25) is 0 Å². The summed E-state index contributed by atoms with van der Waals surface area (Å²) in [6.45, 7) is 4.83. The Morgan fingerprint density at radius 2 is 2.20 bits per heavy atom. The topological polar surface area (TPSA) is 79.6 Å². The number of para-hydroxylation sites is 1. The first-order valence-electron chi connectivity index (χ1n) is 6.75.